The molecule has 1 heterocycles. The minimum atomic E-state index is -0.989. The summed E-state index contributed by atoms with van der Waals surface area (Å²) >= 11 is 0. The van der Waals surface area contributed by atoms with Gasteiger partial charge in [0, 0.05) is 18.8 Å². The number of allylic oxidation sites excluding steroid dienone is 4. The van der Waals surface area contributed by atoms with Gasteiger partial charge in [-0.05, 0) is 62.2 Å². The van der Waals surface area contributed by atoms with Crippen LogP contribution in [0.4, 0.5) is 0 Å². The monoisotopic (exact) mass is 761 g/mol. The standard InChI is InChI=1S/C44H72O10/c1-3-5-7-15-23-36(38(33-45)31-42(50)51)28-27-34(21-17-11-9-13-19-25-40(46)47)35(22-18-12-10-14-20-26-41(48)49)29-30-37(24-16-8-6-4-2)39-32-43(52)54-44(39)53/h27-30,33-39H,3-26,31-32H2,1-2H3,(H,46,47)(H,48,49)(H,50,51)/b28-27+,30-29+. The smallest absolute Gasteiger partial charge is 0.317 e. The van der Waals surface area contributed by atoms with E-state index in [0.717, 1.165) is 135 Å². The second-order valence-electron chi connectivity index (χ2n) is 15.5. The number of esters is 2. The van der Waals surface area contributed by atoms with Gasteiger partial charge in [-0.25, -0.2) is 0 Å². The largest absolute Gasteiger partial charge is 0.481 e. The van der Waals surface area contributed by atoms with Crippen molar-refractivity contribution in [2.45, 2.75) is 181 Å². The fourth-order valence-electron chi connectivity index (χ4n) is 7.67. The fraction of sp³-hybridized carbons (Fsp3) is 0.773. The van der Waals surface area contributed by atoms with Gasteiger partial charge in [0.15, 0.2) is 0 Å². The first-order valence-corrected chi connectivity index (χ1v) is 21.2. The van der Waals surface area contributed by atoms with Crippen LogP contribution in [0.5, 0.6) is 0 Å². The van der Waals surface area contributed by atoms with Crippen LogP contribution >= 0.6 is 0 Å². The van der Waals surface area contributed by atoms with Crippen LogP contribution in [0.3, 0.4) is 0 Å². The molecule has 1 aliphatic heterocycles. The summed E-state index contributed by atoms with van der Waals surface area (Å²) < 4.78 is 4.98. The average molecular weight is 761 g/mol. The number of carboxylic acid groups (broad SMARTS) is 3. The maximum atomic E-state index is 12.8. The Labute approximate surface area is 325 Å². The molecule has 1 fully saturated rings. The molecule has 1 aliphatic rings. The second-order valence-corrected chi connectivity index (χ2v) is 15.5. The van der Waals surface area contributed by atoms with Crippen molar-refractivity contribution in [3.63, 3.8) is 0 Å². The van der Waals surface area contributed by atoms with Gasteiger partial charge >= 0.3 is 29.8 Å². The van der Waals surface area contributed by atoms with Crippen molar-refractivity contribution >= 4 is 36.1 Å². The van der Waals surface area contributed by atoms with Crippen LogP contribution < -0.4 is 0 Å². The van der Waals surface area contributed by atoms with E-state index in [1.54, 1.807) is 0 Å². The third kappa shape index (κ3) is 23.5. The molecule has 1 rings (SSSR count). The van der Waals surface area contributed by atoms with Crippen molar-refractivity contribution in [1.29, 1.82) is 0 Å². The topological polar surface area (TPSA) is 172 Å². The molecular formula is C44H72O10. The van der Waals surface area contributed by atoms with E-state index in [2.05, 4.69) is 38.2 Å². The van der Waals surface area contributed by atoms with E-state index in [1.165, 1.54) is 0 Å². The number of aliphatic carboxylic acids is 3. The van der Waals surface area contributed by atoms with Crippen molar-refractivity contribution in [3.8, 4) is 0 Å². The molecular weight excluding hydrogens is 688 g/mol. The molecule has 10 heteroatoms. The fourth-order valence-corrected chi connectivity index (χ4v) is 7.67. The van der Waals surface area contributed by atoms with Crippen LogP contribution in [0.1, 0.15) is 181 Å². The van der Waals surface area contributed by atoms with Crippen LogP contribution in [0.25, 0.3) is 0 Å². The minimum Gasteiger partial charge on any atom is -0.481 e. The molecule has 0 radical (unpaired) electrons. The van der Waals surface area contributed by atoms with Crippen LogP contribution in [0, 0.1) is 35.5 Å². The van der Waals surface area contributed by atoms with Crippen LogP contribution in [0.2, 0.25) is 0 Å². The van der Waals surface area contributed by atoms with E-state index >= 15 is 0 Å². The number of rotatable bonds is 36. The van der Waals surface area contributed by atoms with E-state index in [1.807, 2.05) is 0 Å². The summed E-state index contributed by atoms with van der Waals surface area (Å²) in [5.74, 6) is -4.74. The van der Waals surface area contributed by atoms with Crippen molar-refractivity contribution in [3.05, 3.63) is 24.3 Å². The summed E-state index contributed by atoms with van der Waals surface area (Å²) in [6.45, 7) is 4.29. The summed E-state index contributed by atoms with van der Waals surface area (Å²) in [5, 5.41) is 27.6. The first kappa shape index (κ1) is 48.7. The first-order chi connectivity index (χ1) is 26.0. The molecule has 10 nitrogen and oxygen atoms in total. The highest BCUT2D eigenvalue weighted by Gasteiger charge is 2.38. The maximum absolute atomic E-state index is 12.8. The van der Waals surface area contributed by atoms with Crippen molar-refractivity contribution in [2.75, 3.05) is 0 Å². The Morgan fingerprint density at radius 2 is 0.981 bits per heavy atom. The SMILES string of the molecule is CCCCCCC(/C=C/C(CCCCCCCC(=O)O)C(/C=C/C(CCCCCC)C1CC(=O)OC1=O)CCCCCCCC(=O)O)C(C=O)CC(=O)O. The van der Waals surface area contributed by atoms with Gasteiger partial charge in [0.25, 0.3) is 0 Å². The summed E-state index contributed by atoms with van der Waals surface area (Å²) in [7, 11) is 0. The number of carbonyl (C=O) groups is 6. The lowest BCUT2D eigenvalue weighted by Gasteiger charge is -2.26. The van der Waals surface area contributed by atoms with Crippen molar-refractivity contribution in [1.82, 2.24) is 0 Å². The lowest BCUT2D eigenvalue weighted by molar-refractivity contribution is -0.153. The zero-order chi connectivity index (χ0) is 40.0. The Balaban J connectivity index is 3.44. The van der Waals surface area contributed by atoms with Gasteiger partial charge in [-0.3, -0.25) is 24.0 Å². The molecule has 54 heavy (non-hydrogen) atoms. The lowest BCUT2D eigenvalue weighted by Crippen LogP contribution is -2.20. The van der Waals surface area contributed by atoms with E-state index in [0.29, 0.717) is 12.8 Å². The van der Waals surface area contributed by atoms with Gasteiger partial charge in [0.2, 0.25) is 0 Å². The molecule has 0 saturated carbocycles. The summed E-state index contributed by atoms with van der Waals surface area (Å²) in [6.07, 6.45) is 29.9. The minimum absolute atomic E-state index is 0.0838. The Morgan fingerprint density at radius 1 is 0.574 bits per heavy atom. The average Bonchev–Trinajstić information content (AvgIpc) is 3.47. The molecule has 0 spiro atoms. The van der Waals surface area contributed by atoms with Gasteiger partial charge < -0.3 is 24.9 Å². The van der Waals surface area contributed by atoms with E-state index in [-0.39, 0.29) is 49.4 Å². The molecule has 0 aromatic heterocycles. The summed E-state index contributed by atoms with van der Waals surface area (Å²) in [5.41, 5.74) is 0. The van der Waals surface area contributed by atoms with E-state index in [9.17, 15) is 33.9 Å². The van der Waals surface area contributed by atoms with E-state index < -0.39 is 41.7 Å². The zero-order valence-electron chi connectivity index (χ0n) is 33.4. The molecule has 6 unspecified atom stereocenters. The van der Waals surface area contributed by atoms with Crippen molar-refractivity contribution in [2.24, 2.45) is 35.5 Å². The van der Waals surface area contributed by atoms with Gasteiger partial charge in [-0.2, -0.15) is 0 Å². The third-order valence-corrected chi connectivity index (χ3v) is 11.0. The Kier molecular flexibility index (Phi) is 27.9. The molecule has 0 aliphatic carbocycles. The molecule has 308 valence electrons. The number of carboxylic acids is 3. The maximum Gasteiger partial charge on any atom is 0.317 e. The number of aldehydes is 1. The van der Waals surface area contributed by atoms with Crippen LogP contribution in [-0.4, -0.2) is 51.5 Å². The highest BCUT2D eigenvalue weighted by atomic mass is 16.6. The molecule has 3 N–H and O–H groups in total. The Hall–Kier alpha value is -3.30. The molecule has 1 saturated heterocycles. The number of hydrogen-bond acceptors (Lipinski definition) is 7. The predicted octanol–water partition coefficient (Wildman–Crippen LogP) is 10.5. The Morgan fingerprint density at radius 3 is 1.39 bits per heavy atom. The van der Waals surface area contributed by atoms with Gasteiger partial charge in [0.1, 0.15) is 6.29 Å². The predicted molar refractivity (Wildman–Crippen MR) is 211 cm³/mol. The van der Waals surface area contributed by atoms with E-state index in [4.69, 9.17) is 14.9 Å². The molecule has 6 atom stereocenters. The summed E-state index contributed by atoms with van der Waals surface area (Å²) in [4.78, 5) is 70.8. The molecule has 0 bridgehead atoms. The molecule has 0 amide bonds. The number of cyclic esters (lactones) is 2. The second kappa shape index (κ2) is 31.0. The van der Waals surface area contributed by atoms with Crippen LogP contribution in [-0.2, 0) is 33.5 Å². The molecule has 0 aromatic rings. The van der Waals surface area contributed by atoms with Crippen LogP contribution in [0.15, 0.2) is 24.3 Å². The van der Waals surface area contributed by atoms with Gasteiger partial charge in [-0.1, -0.05) is 141 Å². The number of ether oxygens (including phenoxy) is 1. The number of hydrogen-bond donors (Lipinski definition) is 3. The summed E-state index contributed by atoms with van der Waals surface area (Å²) in [6, 6.07) is 0. The highest BCUT2D eigenvalue weighted by Crippen LogP contribution is 2.34. The quantitative estimate of drug-likeness (QED) is 0.0183. The highest BCUT2D eigenvalue weighted by molar-refractivity contribution is 5.94. The van der Waals surface area contributed by atoms with Gasteiger partial charge in [0.05, 0.1) is 18.8 Å². The zero-order valence-corrected chi connectivity index (χ0v) is 33.4. The number of unbranched alkanes of at least 4 members (excludes halogenated alkanes) is 14. The normalized spacial score (nSPS) is 17.4. The Bertz CT molecular complexity index is 1140. The number of carbonyl (C=O) groups excluding carboxylic acids is 3. The lowest BCUT2D eigenvalue weighted by atomic mass is 9.79. The van der Waals surface area contributed by atoms with Gasteiger partial charge in [-0.15, -0.1) is 0 Å². The third-order valence-electron chi connectivity index (χ3n) is 11.0. The molecule has 0 aromatic carbocycles. The van der Waals surface area contributed by atoms with Crippen molar-refractivity contribution < 1.29 is 48.8 Å². The first-order valence-electron chi connectivity index (χ1n) is 21.2.